The summed E-state index contributed by atoms with van der Waals surface area (Å²) in [6, 6.07) is 8.58. The van der Waals surface area contributed by atoms with E-state index in [1.807, 2.05) is 30.3 Å². The van der Waals surface area contributed by atoms with Gasteiger partial charge in [0.15, 0.2) is 0 Å². The molecule has 0 aromatic heterocycles. The molecule has 0 radical (unpaired) electrons. The predicted octanol–water partition coefficient (Wildman–Crippen LogP) is 0.0823. The zero-order valence-electron chi connectivity index (χ0n) is 10.5. The fourth-order valence-corrected chi connectivity index (χ4v) is 1.96. The first-order valence-corrected chi connectivity index (χ1v) is 6.14. The molecule has 1 heterocycles. The number of urea groups is 1. The molecule has 6 heteroatoms. The third-order valence-electron chi connectivity index (χ3n) is 3.00. The van der Waals surface area contributed by atoms with Gasteiger partial charge >= 0.3 is 6.03 Å². The van der Waals surface area contributed by atoms with Crippen LogP contribution in [0.5, 0.6) is 0 Å². The van der Waals surface area contributed by atoms with Gasteiger partial charge in [-0.2, -0.15) is 0 Å². The molecule has 2 rings (SSSR count). The molecule has 0 aliphatic carbocycles. The number of carbonyl (C=O) groups is 2. The Morgan fingerprint density at radius 2 is 2.11 bits per heavy atom. The van der Waals surface area contributed by atoms with E-state index in [0.717, 1.165) is 5.56 Å². The first kappa shape index (κ1) is 13.4. The molecule has 102 valence electrons. The van der Waals surface area contributed by atoms with Crippen LogP contribution in [-0.4, -0.2) is 42.6 Å². The van der Waals surface area contributed by atoms with Gasteiger partial charge in [0, 0.05) is 13.1 Å². The first-order valence-electron chi connectivity index (χ1n) is 6.14. The summed E-state index contributed by atoms with van der Waals surface area (Å²) in [6.45, 7) is 1.37. The van der Waals surface area contributed by atoms with Crippen molar-refractivity contribution in [3.05, 3.63) is 35.9 Å². The van der Waals surface area contributed by atoms with Gasteiger partial charge in [-0.25, -0.2) is 4.79 Å². The van der Waals surface area contributed by atoms with Crippen LogP contribution in [-0.2, 0) is 16.1 Å². The van der Waals surface area contributed by atoms with Crippen molar-refractivity contribution in [1.82, 2.24) is 10.2 Å². The lowest BCUT2D eigenvalue weighted by Gasteiger charge is -2.33. The van der Waals surface area contributed by atoms with Crippen LogP contribution in [0, 0.1) is 0 Å². The topological polar surface area (TPSA) is 84.7 Å². The Hall–Kier alpha value is -2.08. The number of nitrogens with one attached hydrogen (secondary N) is 1. The number of hydrogen-bond acceptors (Lipinski definition) is 3. The second kappa shape index (κ2) is 6.19. The molecule has 1 saturated heterocycles. The van der Waals surface area contributed by atoms with Gasteiger partial charge in [-0.3, -0.25) is 4.79 Å². The Balaban J connectivity index is 1.93. The number of benzene rings is 1. The third-order valence-corrected chi connectivity index (χ3v) is 3.00. The number of primary amides is 1. The Kier molecular flexibility index (Phi) is 4.35. The Morgan fingerprint density at radius 1 is 1.37 bits per heavy atom. The van der Waals surface area contributed by atoms with Crippen LogP contribution >= 0.6 is 0 Å². The molecule has 1 atom stereocenters. The van der Waals surface area contributed by atoms with Gasteiger partial charge in [0.05, 0.1) is 13.2 Å². The van der Waals surface area contributed by atoms with E-state index in [0.29, 0.717) is 19.7 Å². The molecule has 1 aromatic carbocycles. The zero-order valence-corrected chi connectivity index (χ0v) is 10.5. The van der Waals surface area contributed by atoms with Crippen molar-refractivity contribution in [3.63, 3.8) is 0 Å². The minimum atomic E-state index is -0.690. The van der Waals surface area contributed by atoms with Gasteiger partial charge in [-0.15, -0.1) is 0 Å². The molecule has 1 aliphatic heterocycles. The summed E-state index contributed by atoms with van der Waals surface area (Å²) in [5.41, 5.74) is 6.26. The number of nitrogens with two attached hydrogens (primary N) is 1. The maximum Gasteiger partial charge on any atom is 0.318 e. The lowest BCUT2D eigenvalue weighted by atomic mass is 10.2. The highest BCUT2D eigenvalue weighted by molar-refractivity contribution is 5.86. The van der Waals surface area contributed by atoms with E-state index in [1.165, 1.54) is 4.90 Å². The van der Waals surface area contributed by atoms with Gasteiger partial charge in [-0.05, 0) is 5.56 Å². The highest BCUT2D eigenvalue weighted by atomic mass is 16.5. The Labute approximate surface area is 111 Å². The minimum Gasteiger partial charge on any atom is -0.377 e. The van der Waals surface area contributed by atoms with Crippen LogP contribution in [0.3, 0.4) is 0 Å². The molecule has 1 fully saturated rings. The Morgan fingerprint density at radius 3 is 2.79 bits per heavy atom. The van der Waals surface area contributed by atoms with Crippen LogP contribution in [0.1, 0.15) is 5.56 Å². The van der Waals surface area contributed by atoms with Gasteiger partial charge < -0.3 is 20.7 Å². The lowest BCUT2D eigenvalue weighted by Crippen LogP contribution is -2.57. The number of hydrogen-bond donors (Lipinski definition) is 2. The number of ether oxygens (including phenoxy) is 1. The summed E-state index contributed by atoms with van der Waals surface area (Å²) in [5, 5.41) is 2.78. The van der Waals surface area contributed by atoms with E-state index < -0.39 is 11.9 Å². The summed E-state index contributed by atoms with van der Waals surface area (Å²) in [7, 11) is 0. The van der Waals surface area contributed by atoms with Crippen LogP contribution < -0.4 is 11.1 Å². The monoisotopic (exact) mass is 263 g/mol. The number of carbonyl (C=O) groups excluding carboxylic acids is 2. The molecule has 0 saturated carbocycles. The molecular formula is C13H17N3O3. The first-order chi connectivity index (χ1) is 9.18. The average molecular weight is 263 g/mol. The van der Waals surface area contributed by atoms with Crippen molar-refractivity contribution in [2.75, 3.05) is 19.8 Å². The molecule has 3 amide bonds. The fourth-order valence-electron chi connectivity index (χ4n) is 1.96. The average Bonchev–Trinajstić information content (AvgIpc) is 2.46. The van der Waals surface area contributed by atoms with E-state index in [4.69, 9.17) is 10.5 Å². The van der Waals surface area contributed by atoms with Crippen molar-refractivity contribution in [2.24, 2.45) is 5.73 Å². The van der Waals surface area contributed by atoms with Gasteiger partial charge in [0.25, 0.3) is 0 Å². The van der Waals surface area contributed by atoms with Gasteiger partial charge in [0.1, 0.15) is 6.04 Å². The maximum atomic E-state index is 12.0. The molecule has 3 N–H and O–H groups in total. The standard InChI is InChI=1S/C13H17N3O3/c14-12(17)11-9-19-7-6-16(11)13(18)15-8-10-4-2-1-3-5-10/h1-5,11H,6-9H2,(H2,14,17)(H,15,18). The molecule has 1 unspecified atom stereocenters. The number of morpholine rings is 1. The summed E-state index contributed by atoms with van der Waals surface area (Å²) in [6.07, 6.45) is 0. The van der Waals surface area contributed by atoms with E-state index in [2.05, 4.69) is 5.32 Å². The molecule has 6 nitrogen and oxygen atoms in total. The van der Waals surface area contributed by atoms with Crippen LogP contribution in [0.4, 0.5) is 4.79 Å². The van der Waals surface area contributed by atoms with Crippen molar-refractivity contribution in [1.29, 1.82) is 0 Å². The smallest absolute Gasteiger partial charge is 0.318 e. The lowest BCUT2D eigenvalue weighted by molar-refractivity contribution is -0.127. The minimum absolute atomic E-state index is 0.161. The summed E-state index contributed by atoms with van der Waals surface area (Å²) in [4.78, 5) is 24.7. The third kappa shape index (κ3) is 3.45. The molecule has 1 aliphatic rings. The SMILES string of the molecule is NC(=O)C1COCCN1C(=O)NCc1ccccc1. The maximum absolute atomic E-state index is 12.0. The highest BCUT2D eigenvalue weighted by Crippen LogP contribution is 2.07. The highest BCUT2D eigenvalue weighted by Gasteiger charge is 2.31. The quantitative estimate of drug-likeness (QED) is 0.810. The van der Waals surface area contributed by atoms with Gasteiger partial charge in [-0.1, -0.05) is 30.3 Å². The van der Waals surface area contributed by atoms with Crippen LogP contribution in [0.15, 0.2) is 30.3 Å². The van der Waals surface area contributed by atoms with E-state index >= 15 is 0 Å². The molecular weight excluding hydrogens is 246 g/mol. The zero-order chi connectivity index (χ0) is 13.7. The number of amides is 3. The van der Waals surface area contributed by atoms with Crippen LogP contribution in [0.25, 0.3) is 0 Å². The molecule has 1 aromatic rings. The summed E-state index contributed by atoms with van der Waals surface area (Å²) < 4.78 is 5.16. The van der Waals surface area contributed by atoms with E-state index in [9.17, 15) is 9.59 Å². The molecule has 19 heavy (non-hydrogen) atoms. The van der Waals surface area contributed by atoms with Crippen molar-refractivity contribution < 1.29 is 14.3 Å². The second-order valence-corrected chi connectivity index (χ2v) is 4.33. The van der Waals surface area contributed by atoms with Gasteiger partial charge in [0.2, 0.25) is 5.91 Å². The van der Waals surface area contributed by atoms with Crippen molar-refractivity contribution >= 4 is 11.9 Å². The largest absolute Gasteiger partial charge is 0.377 e. The van der Waals surface area contributed by atoms with Crippen molar-refractivity contribution in [3.8, 4) is 0 Å². The number of nitrogens with zero attached hydrogens (tertiary/aromatic N) is 1. The molecule has 0 bridgehead atoms. The normalized spacial score (nSPS) is 18.9. The van der Waals surface area contributed by atoms with E-state index in [1.54, 1.807) is 0 Å². The summed E-state index contributed by atoms with van der Waals surface area (Å²) in [5.74, 6) is -0.547. The van der Waals surface area contributed by atoms with Crippen LogP contribution in [0.2, 0.25) is 0 Å². The van der Waals surface area contributed by atoms with Crippen molar-refractivity contribution in [2.45, 2.75) is 12.6 Å². The molecule has 0 spiro atoms. The fraction of sp³-hybridized carbons (Fsp3) is 0.385. The second-order valence-electron chi connectivity index (χ2n) is 4.33. The predicted molar refractivity (Wildman–Crippen MR) is 69.2 cm³/mol. The Bertz CT molecular complexity index is 450. The summed E-state index contributed by atoms with van der Waals surface area (Å²) >= 11 is 0. The number of rotatable bonds is 3. The van der Waals surface area contributed by atoms with E-state index in [-0.39, 0.29) is 12.6 Å².